The van der Waals surface area contributed by atoms with Gasteiger partial charge in [-0.3, -0.25) is 9.59 Å². The first kappa shape index (κ1) is 25.9. The Kier molecular flexibility index (Phi) is 7.76. The Hall–Kier alpha value is -3.22. The van der Waals surface area contributed by atoms with Crippen molar-refractivity contribution in [3.63, 3.8) is 0 Å². The number of aliphatic carboxylic acids is 1. The molecule has 4 aromatic rings. The summed E-state index contributed by atoms with van der Waals surface area (Å²) in [4.78, 5) is 30.0. The highest BCUT2D eigenvalue weighted by atomic mass is 79.9. The van der Waals surface area contributed by atoms with Crippen LogP contribution in [0.4, 0.5) is 0 Å². The van der Waals surface area contributed by atoms with E-state index < -0.39 is 11.4 Å². The van der Waals surface area contributed by atoms with Crippen LogP contribution in [0.3, 0.4) is 0 Å². The number of nitrogens with one attached hydrogen (secondary N) is 1. The van der Waals surface area contributed by atoms with Gasteiger partial charge in [0.1, 0.15) is 0 Å². The molecule has 0 radical (unpaired) electrons. The Morgan fingerprint density at radius 3 is 2.44 bits per heavy atom. The number of carboxylic acids is 1. The van der Waals surface area contributed by atoms with Crippen LogP contribution < -0.4 is 5.32 Å². The number of nitrogens with zero attached hydrogens (tertiary/aromatic N) is 1. The van der Waals surface area contributed by atoms with E-state index in [0.29, 0.717) is 22.5 Å². The quantitative estimate of drug-likeness (QED) is 0.237. The van der Waals surface area contributed by atoms with E-state index in [2.05, 4.69) is 21.2 Å². The number of aromatic nitrogens is 1. The SMILES string of the molecule is Cc1c(-c2ccccc2)nc2ccc(Br)cc2c1C(=O)NC[C@@](C)(CCC(=O)O)c1ccccc1Cl. The summed E-state index contributed by atoms with van der Waals surface area (Å²) in [6, 6.07) is 22.8. The number of carbonyl (C=O) groups is 2. The summed E-state index contributed by atoms with van der Waals surface area (Å²) in [5, 5.41) is 13.7. The number of carbonyl (C=O) groups excluding carboxylic acids is 1. The Bertz CT molecular complexity index is 1440. The van der Waals surface area contributed by atoms with Gasteiger partial charge < -0.3 is 10.4 Å². The maximum atomic E-state index is 13.8. The molecule has 0 spiro atoms. The van der Waals surface area contributed by atoms with Crippen LogP contribution in [0.5, 0.6) is 0 Å². The number of carboxylic acid groups (broad SMARTS) is 1. The largest absolute Gasteiger partial charge is 0.481 e. The van der Waals surface area contributed by atoms with Crippen LogP contribution in [0.25, 0.3) is 22.2 Å². The van der Waals surface area contributed by atoms with Gasteiger partial charge in [-0.1, -0.05) is 83.0 Å². The van der Waals surface area contributed by atoms with E-state index in [-0.39, 0.29) is 18.9 Å². The minimum absolute atomic E-state index is 0.0418. The van der Waals surface area contributed by atoms with Crippen LogP contribution in [-0.2, 0) is 10.2 Å². The maximum absolute atomic E-state index is 13.8. The molecule has 1 atom stereocenters. The molecule has 5 nitrogen and oxygen atoms in total. The van der Waals surface area contributed by atoms with Gasteiger partial charge in [0.2, 0.25) is 0 Å². The lowest BCUT2D eigenvalue weighted by molar-refractivity contribution is -0.137. The van der Waals surface area contributed by atoms with Crippen molar-refractivity contribution in [1.82, 2.24) is 10.3 Å². The van der Waals surface area contributed by atoms with Crippen molar-refractivity contribution < 1.29 is 14.7 Å². The molecule has 0 saturated heterocycles. The molecule has 1 amide bonds. The monoisotopic (exact) mass is 564 g/mol. The molecule has 0 aliphatic rings. The number of hydrogen-bond acceptors (Lipinski definition) is 3. The minimum atomic E-state index is -0.895. The minimum Gasteiger partial charge on any atom is -0.481 e. The normalized spacial score (nSPS) is 12.8. The van der Waals surface area contributed by atoms with Crippen molar-refractivity contribution in [3.05, 3.63) is 99.0 Å². The molecule has 36 heavy (non-hydrogen) atoms. The van der Waals surface area contributed by atoms with Crippen LogP contribution in [0.2, 0.25) is 5.02 Å². The van der Waals surface area contributed by atoms with E-state index in [1.54, 1.807) is 6.07 Å². The highest BCUT2D eigenvalue weighted by molar-refractivity contribution is 9.10. The molecule has 2 N–H and O–H groups in total. The molecule has 0 saturated carbocycles. The number of fused-ring (bicyclic) bond motifs is 1. The van der Waals surface area contributed by atoms with Gasteiger partial charge in [-0.05, 0) is 48.7 Å². The second-order valence-corrected chi connectivity index (χ2v) is 10.4. The number of halogens is 2. The average Bonchev–Trinajstić information content (AvgIpc) is 2.86. The molecule has 0 aliphatic heterocycles. The number of rotatable bonds is 8. The fourth-order valence-electron chi connectivity index (χ4n) is 4.52. The van der Waals surface area contributed by atoms with Gasteiger partial charge in [0, 0.05) is 38.8 Å². The Labute approximate surface area is 223 Å². The third-order valence-electron chi connectivity index (χ3n) is 6.52. The summed E-state index contributed by atoms with van der Waals surface area (Å²) in [6.07, 6.45) is 0.281. The predicted octanol–water partition coefficient (Wildman–Crippen LogP) is 7.18. The highest BCUT2D eigenvalue weighted by Gasteiger charge is 2.31. The molecule has 1 aromatic heterocycles. The molecule has 0 fully saturated rings. The second kappa shape index (κ2) is 10.8. The van der Waals surface area contributed by atoms with E-state index in [0.717, 1.165) is 32.2 Å². The summed E-state index contributed by atoms with van der Waals surface area (Å²) >= 11 is 10.0. The van der Waals surface area contributed by atoms with Gasteiger partial charge >= 0.3 is 5.97 Å². The predicted molar refractivity (Wildman–Crippen MR) is 148 cm³/mol. The first-order valence-electron chi connectivity index (χ1n) is 11.6. The maximum Gasteiger partial charge on any atom is 0.303 e. The van der Waals surface area contributed by atoms with Crippen LogP contribution in [0, 0.1) is 6.92 Å². The summed E-state index contributed by atoms with van der Waals surface area (Å²) in [5.41, 5.74) is 3.83. The van der Waals surface area contributed by atoms with E-state index in [9.17, 15) is 14.7 Å². The Balaban J connectivity index is 1.75. The van der Waals surface area contributed by atoms with Crippen LogP contribution in [-0.4, -0.2) is 28.5 Å². The van der Waals surface area contributed by atoms with Gasteiger partial charge in [-0.25, -0.2) is 4.98 Å². The van der Waals surface area contributed by atoms with E-state index >= 15 is 0 Å². The highest BCUT2D eigenvalue weighted by Crippen LogP contribution is 2.35. The molecule has 0 aliphatic carbocycles. The summed E-state index contributed by atoms with van der Waals surface area (Å²) < 4.78 is 0.847. The lowest BCUT2D eigenvalue weighted by Crippen LogP contribution is -2.39. The fraction of sp³-hybridized carbons (Fsp3) is 0.207. The molecule has 4 rings (SSSR count). The second-order valence-electron chi connectivity index (χ2n) is 9.10. The first-order chi connectivity index (χ1) is 17.2. The average molecular weight is 566 g/mol. The number of benzene rings is 3. The fourth-order valence-corrected chi connectivity index (χ4v) is 5.24. The first-order valence-corrected chi connectivity index (χ1v) is 12.8. The molecule has 0 bridgehead atoms. The third-order valence-corrected chi connectivity index (χ3v) is 7.34. The lowest BCUT2D eigenvalue weighted by Gasteiger charge is -2.31. The van der Waals surface area contributed by atoms with E-state index in [1.807, 2.05) is 80.6 Å². The van der Waals surface area contributed by atoms with Crippen molar-refractivity contribution in [1.29, 1.82) is 0 Å². The smallest absolute Gasteiger partial charge is 0.303 e. The van der Waals surface area contributed by atoms with Crippen LogP contribution >= 0.6 is 27.5 Å². The standard InChI is InChI=1S/C29H26BrClN2O3/c1-18-26(21-16-20(30)12-13-24(21)33-27(18)19-8-4-3-5-9-19)28(36)32-17-29(2,15-14-25(34)35)22-10-6-7-11-23(22)31/h3-13,16H,14-15,17H2,1-2H3,(H,32,36)(H,34,35)/t29-/m1/s1. The van der Waals surface area contributed by atoms with Gasteiger partial charge in [-0.15, -0.1) is 0 Å². The summed E-state index contributed by atoms with van der Waals surface area (Å²) in [5.74, 6) is -1.14. The molecular weight excluding hydrogens is 540 g/mol. The van der Waals surface area contributed by atoms with Crippen molar-refractivity contribution in [2.45, 2.75) is 32.1 Å². The summed E-state index contributed by atoms with van der Waals surface area (Å²) in [6.45, 7) is 4.06. The van der Waals surface area contributed by atoms with Gasteiger partial charge in [0.15, 0.2) is 0 Å². The van der Waals surface area contributed by atoms with Crippen LogP contribution in [0.1, 0.15) is 41.3 Å². The van der Waals surface area contributed by atoms with Gasteiger partial charge in [-0.2, -0.15) is 0 Å². The number of hydrogen-bond donors (Lipinski definition) is 2. The number of pyridine rings is 1. The van der Waals surface area contributed by atoms with Crippen molar-refractivity contribution >= 4 is 50.3 Å². The molecule has 3 aromatic carbocycles. The number of amides is 1. The van der Waals surface area contributed by atoms with Crippen LogP contribution in [0.15, 0.2) is 77.3 Å². The molecule has 7 heteroatoms. The van der Waals surface area contributed by atoms with Gasteiger partial charge in [0.25, 0.3) is 5.91 Å². The summed E-state index contributed by atoms with van der Waals surface area (Å²) in [7, 11) is 0. The van der Waals surface area contributed by atoms with Gasteiger partial charge in [0.05, 0.1) is 16.8 Å². The topological polar surface area (TPSA) is 79.3 Å². The molecule has 1 heterocycles. The van der Waals surface area contributed by atoms with E-state index in [4.69, 9.17) is 16.6 Å². The Morgan fingerprint density at radius 1 is 1.06 bits per heavy atom. The molecular formula is C29H26BrClN2O3. The lowest BCUT2D eigenvalue weighted by atomic mass is 9.78. The Morgan fingerprint density at radius 2 is 1.75 bits per heavy atom. The third kappa shape index (κ3) is 5.45. The zero-order chi connectivity index (χ0) is 25.9. The zero-order valence-electron chi connectivity index (χ0n) is 20.0. The van der Waals surface area contributed by atoms with Crippen molar-refractivity contribution in [3.8, 4) is 11.3 Å². The molecule has 184 valence electrons. The van der Waals surface area contributed by atoms with Crippen molar-refractivity contribution in [2.75, 3.05) is 6.54 Å². The zero-order valence-corrected chi connectivity index (χ0v) is 22.4. The molecule has 0 unspecified atom stereocenters. The van der Waals surface area contributed by atoms with E-state index in [1.165, 1.54) is 0 Å². The van der Waals surface area contributed by atoms with Crippen molar-refractivity contribution in [2.24, 2.45) is 0 Å².